The molecule has 0 aromatic carbocycles. The minimum absolute atomic E-state index is 0.0222. The molecular weight excluding hydrogens is 351 g/mol. The normalized spacial score (nSPS) is 19.9. The van der Waals surface area contributed by atoms with Crippen molar-refractivity contribution in [1.29, 1.82) is 0 Å². The third kappa shape index (κ3) is 4.04. The van der Waals surface area contributed by atoms with Gasteiger partial charge in [0.15, 0.2) is 0 Å². The van der Waals surface area contributed by atoms with Gasteiger partial charge in [-0.3, -0.25) is 14.3 Å². The van der Waals surface area contributed by atoms with Gasteiger partial charge in [0.1, 0.15) is 11.9 Å². The van der Waals surface area contributed by atoms with E-state index in [4.69, 9.17) is 4.42 Å². The van der Waals surface area contributed by atoms with Crippen LogP contribution in [0.5, 0.6) is 0 Å². The first kappa shape index (κ1) is 19.1. The number of piperidine rings is 1. The van der Waals surface area contributed by atoms with Crippen molar-refractivity contribution >= 4 is 11.8 Å². The van der Waals surface area contributed by atoms with Crippen LogP contribution >= 0.6 is 0 Å². The Morgan fingerprint density at radius 3 is 2.78 bits per heavy atom. The number of carbonyl (C=O) groups is 2. The topological polar surface area (TPSA) is 80.4 Å². The van der Waals surface area contributed by atoms with Gasteiger partial charge in [-0.15, -0.1) is 0 Å². The maximum atomic E-state index is 14.3. The SMILES string of the molecule is CCCn1ncc(C(=O)N2C[C@H](F)C[C@H](NC(=O)c3ccoc3C)C2)c1C. The lowest BCUT2D eigenvalue weighted by Gasteiger charge is -2.35. The van der Waals surface area contributed by atoms with Gasteiger partial charge in [0.2, 0.25) is 0 Å². The zero-order valence-corrected chi connectivity index (χ0v) is 15.9. The van der Waals surface area contributed by atoms with Gasteiger partial charge in [0, 0.05) is 31.2 Å². The van der Waals surface area contributed by atoms with E-state index in [-0.39, 0.29) is 31.3 Å². The van der Waals surface area contributed by atoms with E-state index in [0.29, 0.717) is 16.9 Å². The Morgan fingerprint density at radius 2 is 2.11 bits per heavy atom. The number of aromatic nitrogens is 2. The first-order valence-corrected chi connectivity index (χ1v) is 9.21. The van der Waals surface area contributed by atoms with E-state index < -0.39 is 12.2 Å². The summed E-state index contributed by atoms with van der Waals surface area (Å²) in [5.41, 5.74) is 1.68. The van der Waals surface area contributed by atoms with Crippen LogP contribution in [0.1, 0.15) is 51.9 Å². The molecule has 3 rings (SSSR count). The van der Waals surface area contributed by atoms with Gasteiger partial charge in [-0.05, 0) is 26.3 Å². The molecule has 0 saturated carbocycles. The van der Waals surface area contributed by atoms with Gasteiger partial charge in [-0.1, -0.05) is 6.92 Å². The number of alkyl halides is 1. The third-order valence-corrected chi connectivity index (χ3v) is 4.89. The molecule has 1 aliphatic heterocycles. The van der Waals surface area contributed by atoms with Crippen molar-refractivity contribution < 1.29 is 18.4 Å². The lowest BCUT2D eigenvalue weighted by atomic mass is 10.0. The maximum absolute atomic E-state index is 14.3. The zero-order valence-electron chi connectivity index (χ0n) is 15.9. The second kappa shape index (κ2) is 7.94. The number of nitrogens with one attached hydrogen (secondary N) is 1. The lowest BCUT2D eigenvalue weighted by Crippen LogP contribution is -2.53. The summed E-state index contributed by atoms with van der Waals surface area (Å²) in [5, 5.41) is 7.06. The number of hydrogen-bond acceptors (Lipinski definition) is 4. The average molecular weight is 376 g/mol. The van der Waals surface area contributed by atoms with Crippen LogP contribution < -0.4 is 5.32 Å². The molecule has 146 valence electrons. The molecule has 2 atom stereocenters. The Kier molecular flexibility index (Phi) is 5.62. The fraction of sp³-hybridized carbons (Fsp3) is 0.526. The monoisotopic (exact) mass is 376 g/mol. The van der Waals surface area contributed by atoms with E-state index in [0.717, 1.165) is 18.7 Å². The highest BCUT2D eigenvalue weighted by molar-refractivity contribution is 5.96. The standard InChI is InChI=1S/C19H25FN4O3/c1-4-6-24-12(2)17(9-21-24)19(26)23-10-14(20)8-15(11-23)22-18(25)16-5-7-27-13(16)3/h5,7,9,14-15H,4,6,8,10-11H2,1-3H3,(H,22,25)/t14-,15+/m1/s1. The molecule has 1 aliphatic rings. The summed E-state index contributed by atoms with van der Waals surface area (Å²) in [6.45, 7) is 6.59. The Morgan fingerprint density at radius 1 is 1.33 bits per heavy atom. The number of nitrogens with zero attached hydrogens (tertiary/aromatic N) is 3. The zero-order chi connectivity index (χ0) is 19.6. The third-order valence-electron chi connectivity index (χ3n) is 4.89. The maximum Gasteiger partial charge on any atom is 0.257 e. The van der Waals surface area contributed by atoms with Gasteiger partial charge in [-0.25, -0.2) is 4.39 Å². The van der Waals surface area contributed by atoms with E-state index in [9.17, 15) is 14.0 Å². The van der Waals surface area contributed by atoms with Gasteiger partial charge in [0.05, 0.1) is 30.1 Å². The second-order valence-electron chi connectivity index (χ2n) is 6.97. The van der Waals surface area contributed by atoms with Crippen molar-refractivity contribution in [2.75, 3.05) is 13.1 Å². The minimum Gasteiger partial charge on any atom is -0.469 e. The number of furan rings is 1. The number of likely N-dealkylation sites (tertiary alicyclic amines) is 1. The molecule has 0 bridgehead atoms. The lowest BCUT2D eigenvalue weighted by molar-refractivity contribution is 0.0561. The predicted octanol–water partition coefficient (Wildman–Crippen LogP) is 2.49. The van der Waals surface area contributed by atoms with Crippen molar-refractivity contribution in [3.8, 4) is 0 Å². The summed E-state index contributed by atoms with van der Waals surface area (Å²) >= 11 is 0. The quantitative estimate of drug-likeness (QED) is 0.869. The van der Waals surface area contributed by atoms with E-state index in [1.807, 2.05) is 13.8 Å². The summed E-state index contributed by atoms with van der Waals surface area (Å²) in [7, 11) is 0. The molecule has 2 amide bonds. The molecule has 1 N–H and O–H groups in total. The number of hydrogen-bond donors (Lipinski definition) is 1. The molecule has 0 spiro atoms. The van der Waals surface area contributed by atoms with E-state index in [2.05, 4.69) is 10.4 Å². The molecule has 1 saturated heterocycles. The summed E-state index contributed by atoms with van der Waals surface area (Å²) in [6.07, 6.45) is 2.88. The van der Waals surface area contributed by atoms with Crippen molar-refractivity contribution in [1.82, 2.24) is 20.0 Å². The van der Waals surface area contributed by atoms with Gasteiger partial charge in [0.25, 0.3) is 11.8 Å². The first-order valence-electron chi connectivity index (χ1n) is 9.21. The average Bonchev–Trinajstić information content (AvgIpc) is 3.20. The number of aryl methyl sites for hydroxylation is 2. The highest BCUT2D eigenvalue weighted by atomic mass is 19.1. The smallest absolute Gasteiger partial charge is 0.257 e. The summed E-state index contributed by atoms with van der Waals surface area (Å²) < 4.78 is 21.2. The fourth-order valence-corrected chi connectivity index (χ4v) is 3.46. The largest absolute Gasteiger partial charge is 0.469 e. The predicted molar refractivity (Wildman–Crippen MR) is 97.4 cm³/mol. The molecule has 0 aliphatic carbocycles. The molecule has 27 heavy (non-hydrogen) atoms. The summed E-state index contributed by atoms with van der Waals surface area (Å²) in [4.78, 5) is 26.7. The number of halogens is 1. The Balaban J connectivity index is 1.70. The number of amides is 2. The molecule has 0 unspecified atom stereocenters. The van der Waals surface area contributed by atoms with Crippen LogP contribution in [0, 0.1) is 13.8 Å². The Bertz CT molecular complexity index is 829. The Hall–Kier alpha value is -2.64. The van der Waals surface area contributed by atoms with Crippen LogP contribution in [0.4, 0.5) is 4.39 Å². The second-order valence-corrected chi connectivity index (χ2v) is 6.97. The summed E-state index contributed by atoms with van der Waals surface area (Å²) in [5.74, 6) is -0.0670. The van der Waals surface area contributed by atoms with E-state index in [1.54, 1.807) is 17.7 Å². The highest BCUT2D eigenvalue weighted by Crippen LogP contribution is 2.19. The van der Waals surface area contributed by atoms with Crippen LogP contribution in [0.15, 0.2) is 22.9 Å². The molecule has 3 heterocycles. The Labute approximate surface area is 157 Å². The molecular formula is C19H25FN4O3. The van der Waals surface area contributed by atoms with Crippen LogP contribution in [-0.4, -0.2) is 51.8 Å². The van der Waals surface area contributed by atoms with E-state index >= 15 is 0 Å². The molecule has 7 nitrogen and oxygen atoms in total. The molecule has 8 heteroatoms. The van der Waals surface area contributed by atoms with E-state index in [1.165, 1.54) is 17.4 Å². The number of rotatable bonds is 5. The van der Waals surface area contributed by atoms with Crippen LogP contribution in [0.25, 0.3) is 0 Å². The summed E-state index contributed by atoms with van der Waals surface area (Å²) in [6, 6.07) is 1.12. The molecule has 2 aromatic heterocycles. The van der Waals surface area contributed by atoms with Crippen LogP contribution in [0.2, 0.25) is 0 Å². The van der Waals surface area contributed by atoms with Crippen LogP contribution in [0.3, 0.4) is 0 Å². The van der Waals surface area contributed by atoms with Crippen LogP contribution in [-0.2, 0) is 6.54 Å². The van der Waals surface area contributed by atoms with Gasteiger partial charge >= 0.3 is 0 Å². The van der Waals surface area contributed by atoms with Crippen molar-refractivity contribution in [2.45, 2.75) is 52.4 Å². The molecule has 0 radical (unpaired) electrons. The highest BCUT2D eigenvalue weighted by Gasteiger charge is 2.33. The molecule has 1 fully saturated rings. The first-order chi connectivity index (χ1) is 12.9. The minimum atomic E-state index is -1.19. The van der Waals surface area contributed by atoms with Crippen molar-refractivity contribution in [2.24, 2.45) is 0 Å². The number of carbonyl (C=O) groups excluding carboxylic acids is 2. The molecule has 2 aromatic rings. The van der Waals surface area contributed by atoms with Gasteiger partial charge < -0.3 is 14.6 Å². The fourth-order valence-electron chi connectivity index (χ4n) is 3.46. The van der Waals surface area contributed by atoms with Gasteiger partial charge in [-0.2, -0.15) is 5.10 Å². The van der Waals surface area contributed by atoms with Crippen molar-refractivity contribution in [3.63, 3.8) is 0 Å². The van der Waals surface area contributed by atoms with Crippen molar-refractivity contribution in [3.05, 3.63) is 41.1 Å².